The van der Waals surface area contributed by atoms with Gasteiger partial charge in [-0.2, -0.15) is 0 Å². The molecule has 0 aliphatic heterocycles. The molecule has 0 bridgehead atoms. The fourth-order valence-corrected chi connectivity index (χ4v) is 1.07. The van der Waals surface area contributed by atoms with Crippen LogP contribution in [0, 0.1) is 0 Å². The van der Waals surface area contributed by atoms with Gasteiger partial charge < -0.3 is 4.90 Å². The molecule has 0 aliphatic rings. The van der Waals surface area contributed by atoms with E-state index in [0.29, 0.717) is 5.69 Å². The zero-order chi connectivity index (χ0) is 11.4. The number of nitrogens with zero attached hydrogens (tertiary/aromatic N) is 1. The smallest absolute Gasteiger partial charge is 0.302 e. The minimum atomic E-state index is -0.999. The van der Waals surface area contributed by atoms with Crippen LogP contribution in [0.15, 0.2) is 30.3 Å². The van der Waals surface area contributed by atoms with Crippen molar-refractivity contribution >= 4 is 23.2 Å². The van der Waals surface area contributed by atoms with Gasteiger partial charge in [-0.1, -0.05) is 18.2 Å². The van der Waals surface area contributed by atoms with E-state index in [-0.39, 0.29) is 0 Å². The molecule has 0 saturated carbocycles. The van der Waals surface area contributed by atoms with Gasteiger partial charge in [0.2, 0.25) is 5.78 Å². The van der Waals surface area contributed by atoms with Crippen molar-refractivity contribution in [3.63, 3.8) is 0 Å². The van der Waals surface area contributed by atoms with Crippen molar-refractivity contribution in [1.82, 2.24) is 0 Å². The van der Waals surface area contributed by atoms with Crippen molar-refractivity contribution in [1.29, 1.82) is 0 Å². The summed E-state index contributed by atoms with van der Waals surface area (Å²) in [4.78, 5) is 34.4. The second-order valence-corrected chi connectivity index (χ2v) is 3.09. The number of likely N-dealkylation sites (N-methyl/N-ethyl adjacent to an activating group) is 1. The molecule has 0 fully saturated rings. The van der Waals surface area contributed by atoms with Crippen molar-refractivity contribution in [2.45, 2.75) is 6.92 Å². The predicted octanol–water partition coefficient (Wildman–Crippen LogP) is 0.807. The summed E-state index contributed by atoms with van der Waals surface area (Å²) >= 11 is 0. The second-order valence-electron chi connectivity index (χ2n) is 3.09. The zero-order valence-corrected chi connectivity index (χ0v) is 8.56. The highest BCUT2D eigenvalue weighted by Crippen LogP contribution is 2.11. The molecule has 78 valence electrons. The first-order valence-corrected chi connectivity index (χ1v) is 4.42. The zero-order valence-electron chi connectivity index (χ0n) is 8.56. The van der Waals surface area contributed by atoms with Crippen LogP contribution in [0.2, 0.25) is 0 Å². The molecule has 1 amide bonds. The Labute approximate surface area is 87.5 Å². The van der Waals surface area contributed by atoms with Gasteiger partial charge in [0.1, 0.15) is 0 Å². The first kappa shape index (κ1) is 11.1. The number of anilines is 1. The van der Waals surface area contributed by atoms with Crippen LogP contribution < -0.4 is 4.90 Å². The normalized spacial score (nSPS) is 9.47. The van der Waals surface area contributed by atoms with Gasteiger partial charge in [-0.05, 0) is 12.1 Å². The number of Topliss-reactive ketones (excluding diaryl/α,β-unsaturated/α-hetero) is 2. The third-order valence-electron chi connectivity index (χ3n) is 1.96. The average Bonchev–Trinajstić information content (AvgIpc) is 2.27. The molecule has 0 radical (unpaired) electrons. The maximum atomic E-state index is 11.4. The fraction of sp³-hybridized carbons (Fsp3) is 0.182. The maximum Gasteiger partial charge on any atom is 0.302 e. The molecule has 4 nitrogen and oxygen atoms in total. The van der Waals surface area contributed by atoms with Crippen LogP contribution in [-0.2, 0) is 14.4 Å². The van der Waals surface area contributed by atoms with Crippen molar-refractivity contribution < 1.29 is 14.4 Å². The first-order valence-electron chi connectivity index (χ1n) is 4.42. The Hall–Kier alpha value is -1.97. The van der Waals surface area contributed by atoms with Crippen LogP contribution in [-0.4, -0.2) is 24.5 Å². The number of hydrogen-bond donors (Lipinski definition) is 0. The Morgan fingerprint density at radius 1 is 1.07 bits per heavy atom. The summed E-state index contributed by atoms with van der Waals surface area (Å²) in [6.45, 7) is 1.08. The minimum Gasteiger partial charge on any atom is -0.308 e. The Balaban J connectivity index is 2.87. The molecule has 0 unspecified atom stereocenters. The Kier molecular flexibility index (Phi) is 3.33. The van der Waals surface area contributed by atoms with Crippen molar-refractivity contribution in [2.75, 3.05) is 11.9 Å². The quantitative estimate of drug-likeness (QED) is 0.542. The number of benzene rings is 1. The molecular formula is C11H11NO3. The van der Waals surface area contributed by atoms with E-state index >= 15 is 0 Å². The lowest BCUT2D eigenvalue weighted by Crippen LogP contribution is -2.36. The fourth-order valence-electron chi connectivity index (χ4n) is 1.07. The van der Waals surface area contributed by atoms with E-state index in [1.54, 1.807) is 30.3 Å². The number of carbonyl (C=O) groups is 3. The third-order valence-corrected chi connectivity index (χ3v) is 1.96. The van der Waals surface area contributed by atoms with Gasteiger partial charge in [-0.15, -0.1) is 0 Å². The monoisotopic (exact) mass is 205 g/mol. The molecule has 0 atom stereocenters. The highest BCUT2D eigenvalue weighted by atomic mass is 16.2. The maximum absolute atomic E-state index is 11.4. The Bertz CT molecular complexity index is 398. The lowest BCUT2D eigenvalue weighted by atomic mass is 10.2. The van der Waals surface area contributed by atoms with Gasteiger partial charge in [-0.25, -0.2) is 0 Å². The summed E-state index contributed by atoms with van der Waals surface area (Å²) < 4.78 is 0. The van der Waals surface area contributed by atoms with Crippen LogP contribution in [0.1, 0.15) is 6.92 Å². The van der Waals surface area contributed by atoms with E-state index in [9.17, 15) is 14.4 Å². The highest BCUT2D eigenvalue weighted by Gasteiger charge is 2.23. The molecule has 1 rings (SSSR count). The predicted molar refractivity (Wildman–Crippen MR) is 55.5 cm³/mol. The number of hydrogen-bond acceptors (Lipinski definition) is 3. The van der Waals surface area contributed by atoms with Crippen molar-refractivity contribution in [3.8, 4) is 0 Å². The van der Waals surface area contributed by atoms with Gasteiger partial charge in [0.25, 0.3) is 5.78 Å². The van der Waals surface area contributed by atoms with E-state index in [1.165, 1.54) is 7.05 Å². The molecule has 1 aromatic rings. The van der Waals surface area contributed by atoms with Gasteiger partial charge in [0.15, 0.2) is 0 Å². The Morgan fingerprint density at radius 2 is 1.60 bits per heavy atom. The van der Waals surface area contributed by atoms with Gasteiger partial charge in [0.05, 0.1) is 0 Å². The topological polar surface area (TPSA) is 54.5 Å². The number of rotatable bonds is 3. The molecule has 4 heteroatoms. The van der Waals surface area contributed by atoms with Gasteiger partial charge >= 0.3 is 5.91 Å². The molecular weight excluding hydrogens is 194 g/mol. The van der Waals surface area contributed by atoms with E-state index in [2.05, 4.69) is 0 Å². The van der Waals surface area contributed by atoms with E-state index in [4.69, 9.17) is 0 Å². The van der Waals surface area contributed by atoms with Crippen molar-refractivity contribution in [2.24, 2.45) is 0 Å². The van der Waals surface area contributed by atoms with Crippen molar-refractivity contribution in [3.05, 3.63) is 30.3 Å². The summed E-state index contributed by atoms with van der Waals surface area (Å²) in [5.74, 6) is -2.56. The van der Waals surface area contributed by atoms with Gasteiger partial charge in [0, 0.05) is 19.7 Å². The summed E-state index contributed by atoms with van der Waals surface area (Å²) in [5.41, 5.74) is 0.581. The molecule has 15 heavy (non-hydrogen) atoms. The standard InChI is InChI=1S/C11H11NO3/c1-8(13)10(14)11(15)12(2)9-6-4-3-5-7-9/h3-7H,1-2H3. The molecule has 0 aliphatic carbocycles. The molecule has 0 aromatic heterocycles. The first-order chi connectivity index (χ1) is 7.04. The number of ketones is 2. The molecule has 0 spiro atoms. The van der Waals surface area contributed by atoms with Gasteiger partial charge in [-0.3, -0.25) is 14.4 Å². The van der Waals surface area contributed by atoms with Crippen LogP contribution in [0.4, 0.5) is 5.69 Å². The van der Waals surface area contributed by atoms with Crippen LogP contribution in [0.3, 0.4) is 0 Å². The SMILES string of the molecule is CC(=O)C(=O)C(=O)N(C)c1ccccc1. The second kappa shape index (κ2) is 4.50. The summed E-state index contributed by atoms with van der Waals surface area (Å²) in [6.07, 6.45) is 0. The Morgan fingerprint density at radius 3 is 2.07 bits per heavy atom. The van der Waals surface area contributed by atoms with Crippen LogP contribution in [0.5, 0.6) is 0 Å². The molecule has 0 saturated heterocycles. The number of amides is 1. The number of para-hydroxylation sites is 1. The highest BCUT2D eigenvalue weighted by molar-refractivity contribution is 6.65. The average molecular weight is 205 g/mol. The molecule has 0 N–H and O–H groups in total. The van der Waals surface area contributed by atoms with Crippen LogP contribution in [0.25, 0.3) is 0 Å². The largest absolute Gasteiger partial charge is 0.308 e. The molecule has 0 heterocycles. The number of carbonyl (C=O) groups excluding carboxylic acids is 3. The summed E-state index contributed by atoms with van der Waals surface area (Å²) in [7, 11) is 1.46. The van der Waals surface area contributed by atoms with E-state index in [0.717, 1.165) is 11.8 Å². The van der Waals surface area contributed by atoms with Crippen LogP contribution >= 0.6 is 0 Å². The summed E-state index contributed by atoms with van der Waals surface area (Å²) in [5, 5.41) is 0. The summed E-state index contributed by atoms with van der Waals surface area (Å²) in [6, 6.07) is 8.67. The van der Waals surface area contributed by atoms with E-state index < -0.39 is 17.5 Å². The lowest BCUT2D eigenvalue weighted by Gasteiger charge is -2.15. The lowest BCUT2D eigenvalue weighted by molar-refractivity contribution is -0.142. The molecule has 1 aromatic carbocycles. The third kappa shape index (κ3) is 2.49. The van der Waals surface area contributed by atoms with E-state index in [1.807, 2.05) is 0 Å². The minimum absolute atomic E-state index is 0.581.